The quantitative estimate of drug-likeness (QED) is 0.634. The average molecular weight is 302 g/mol. The van der Waals surface area contributed by atoms with E-state index in [0.717, 1.165) is 43.6 Å². The van der Waals surface area contributed by atoms with Crippen molar-refractivity contribution in [2.24, 2.45) is 5.41 Å². The van der Waals surface area contributed by atoms with Gasteiger partial charge in [-0.2, -0.15) is 11.8 Å². The molecule has 1 rings (SSSR count). The van der Waals surface area contributed by atoms with Crippen molar-refractivity contribution in [3.63, 3.8) is 0 Å². The van der Waals surface area contributed by atoms with Gasteiger partial charge in [0.1, 0.15) is 0 Å². The second-order valence-electron chi connectivity index (χ2n) is 6.13. The number of urea groups is 1. The first-order valence-electron chi connectivity index (χ1n) is 7.78. The first-order chi connectivity index (χ1) is 9.48. The van der Waals surface area contributed by atoms with Crippen molar-refractivity contribution in [2.45, 2.75) is 65.0 Å². The monoisotopic (exact) mass is 302 g/mol. The van der Waals surface area contributed by atoms with E-state index in [1.54, 1.807) is 0 Å². The molecule has 0 bridgehead atoms. The second kappa shape index (κ2) is 8.78. The Morgan fingerprint density at radius 1 is 1.50 bits per heavy atom. The van der Waals surface area contributed by atoms with Crippen molar-refractivity contribution in [2.75, 3.05) is 18.1 Å². The van der Waals surface area contributed by atoms with E-state index in [1.807, 2.05) is 18.7 Å². The topological polar surface area (TPSA) is 61.4 Å². The number of hydrogen-bond acceptors (Lipinski definition) is 3. The van der Waals surface area contributed by atoms with Gasteiger partial charge in [0, 0.05) is 18.0 Å². The van der Waals surface area contributed by atoms with E-state index >= 15 is 0 Å². The van der Waals surface area contributed by atoms with Crippen molar-refractivity contribution in [3.05, 3.63) is 0 Å². The van der Waals surface area contributed by atoms with Gasteiger partial charge in [0.05, 0.1) is 6.10 Å². The molecule has 0 aromatic heterocycles. The van der Waals surface area contributed by atoms with Crippen LogP contribution in [0.3, 0.4) is 0 Å². The van der Waals surface area contributed by atoms with Crippen LogP contribution in [0.25, 0.3) is 0 Å². The van der Waals surface area contributed by atoms with Crippen LogP contribution in [0.4, 0.5) is 4.79 Å². The fraction of sp³-hybridized carbons (Fsp3) is 0.933. The molecule has 1 aliphatic carbocycles. The number of aliphatic hydroxyl groups excluding tert-OH is 1. The average Bonchev–Trinajstić information content (AvgIpc) is 2.40. The van der Waals surface area contributed by atoms with E-state index in [-0.39, 0.29) is 23.6 Å². The number of thioether (sulfide) groups is 1. The predicted molar refractivity (Wildman–Crippen MR) is 86.2 cm³/mol. The fourth-order valence-corrected chi connectivity index (χ4v) is 3.43. The van der Waals surface area contributed by atoms with Crippen LogP contribution in [0.2, 0.25) is 0 Å². The lowest BCUT2D eigenvalue weighted by Crippen LogP contribution is -2.49. The summed E-state index contributed by atoms with van der Waals surface area (Å²) in [5.41, 5.74) is -0.170. The molecular weight excluding hydrogens is 272 g/mol. The Balaban J connectivity index is 2.25. The molecule has 118 valence electrons. The third-order valence-corrected chi connectivity index (χ3v) is 5.14. The molecule has 0 spiro atoms. The fourth-order valence-electron chi connectivity index (χ4n) is 2.62. The van der Waals surface area contributed by atoms with Crippen molar-refractivity contribution in [1.29, 1.82) is 0 Å². The van der Waals surface area contributed by atoms with Gasteiger partial charge in [-0.1, -0.05) is 26.7 Å². The van der Waals surface area contributed by atoms with Crippen LogP contribution in [0.5, 0.6) is 0 Å². The van der Waals surface area contributed by atoms with Crippen molar-refractivity contribution < 1.29 is 9.90 Å². The Kier molecular flexibility index (Phi) is 7.74. The van der Waals surface area contributed by atoms with E-state index < -0.39 is 0 Å². The third-order valence-electron chi connectivity index (χ3n) is 4.21. The summed E-state index contributed by atoms with van der Waals surface area (Å²) >= 11 is 1.89. The van der Waals surface area contributed by atoms with Gasteiger partial charge >= 0.3 is 6.03 Å². The number of aliphatic hydroxyl groups is 1. The van der Waals surface area contributed by atoms with Crippen LogP contribution in [0.1, 0.15) is 52.9 Å². The summed E-state index contributed by atoms with van der Waals surface area (Å²) in [4.78, 5) is 11.9. The summed E-state index contributed by atoms with van der Waals surface area (Å²) in [5, 5.41) is 16.0. The molecule has 0 aliphatic heterocycles. The number of amides is 2. The maximum atomic E-state index is 11.9. The highest BCUT2D eigenvalue weighted by Gasteiger charge is 2.35. The van der Waals surface area contributed by atoms with E-state index in [9.17, 15) is 9.90 Å². The second-order valence-corrected chi connectivity index (χ2v) is 7.52. The van der Waals surface area contributed by atoms with Gasteiger partial charge in [-0.3, -0.25) is 0 Å². The van der Waals surface area contributed by atoms with Crippen LogP contribution < -0.4 is 10.6 Å². The lowest BCUT2D eigenvalue weighted by molar-refractivity contribution is 0.00306. The zero-order valence-electron chi connectivity index (χ0n) is 13.1. The molecule has 1 aliphatic rings. The molecule has 0 radical (unpaired) electrons. The summed E-state index contributed by atoms with van der Waals surface area (Å²) < 4.78 is 0. The normalized spacial score (nSPS) is 27.9. The molecule has 3 N–H and O–H groups in total. The number of hydrogen-bond donors (Lipinski definition) is 3. The molecule has 3 unspecified atom stereocenters. The molecule has 2 amide bonds. The highest BCUT2D eigenvalue weighted by molar-refractivity contribution is 7.99. The SMILES string of the molecule is CCSCCC(C)NC(=O)NCC1(C)CCCCC1O. The summed E-state index contributed by atoms with van der Waals surface area (Å²) in [6, 6.07) is 0.0798. The van der Waals surface area contributed by atoms with Gasteiger partial charge in [-0.15, -0.1) is 0 Å². The number of carbonyl (C=O) groups is 1. The first-order valence-corrected chi connectivity index (χ1v) is 8.93. The van der Waals surface area contributed by atoms with E-state index in [1.165, 1.54) is 0 Å². The Hall–Kier alpha value is -0.420. The molecule has 1 fully saturated rings. The minimum Gasteiger partial charge on any atom is -0.392 e. The molecule has 5 heteroatoms. The molecule has 3 atom stereocenters. The Morgan fingerprint density at radius 3 is 2.90 bits per heavy atom. The van der Waals surface area contributed by atoms with E-state index in [2.05, 4.69) is 24.5 Å². The minimum atomic E-state index is -0.296. The van der Waals surface area contributed by atoms with E-state index in [4.69, 9.17) is 0 Å². The maximum Gasteiger partial charge on any atom is 0.315 e. The highest BCUT2D eigenvalue weighted by Crippen LogP contribution is 2.35. The van der Waals surface area contributed by atoms with Gasteiger partial charge in [-0.25, -0.2) is 4.79 Å². The summed E-state index contributed by atoms with van der Waals surface area (Å²) in [7, 11) is 0. The molecule has 20 heavy (non-hydrogen) atoms. The van der Waals surface area contributed by atoms with Gasteiger partial charge < -0.3 is 15.7 Å². The van der Waals surface area contributed by atoms with Crippen molar-refractivity contribution in [1.82, 2.24) is 10.6 Å². The molecule has 0 saturated heterocycles. The molecule has 0 aromatic rings. The van der Waals surface area contributed by atoms with E-state index in [0.29, 0.717) is 6.54 Å². The Morgan fingerprint density at radius 2 is 2.25 bits per heavy atom. The highest BCUT2D eigenvalue weighted by atomic mass is 32.2. The maximum absolute atomic E-state index is 11.9. The molecular formula is C15H30N2O2S. The molecule has 0 heterocycles. The molecule has 4 nitrogen and oxygen atoms in total. The lowest BCUT2D eigenvalue weighted by atomic mass is 9.73. The van der Waals surface area contributed by atoms with Gasteiger partial charge in [0.15, 0.2) is 0 Å². The van der Waals surface area contributed by atoms with Crippen LogP contribution in [-0.4, -0.2) is 41.3 Å². The van der Waals surface area contributed by atoms with Crippen LogP contribution in [-0.2, 0) is 0 Å². The Bertz CT molecular complexity index is 302. The third kappa shape index (κ3) is 5.92. The van der Waals surface area contributed by atoms with Gasteiger partial charge in [-0.05, 0) is 37.7 Å². The number of nitrogens with one attached hydrogen (secondary N) is 2. The van der Waals surface area contributed by atoms with Crippen molar-refractivity contribution >= 4 is 17.8 Å². The largest absolute Gasteiger partial charge is 0.392 e. The zero-order chi connectivity index (χ0) is 15.0. The predicted octanol–water partition coefficient (Wildman–Crippen LogP) is 2.76. The van der Waals surface area contributed by atoms with Gasteiger partial charge in [0.25, 0.3) is 0 Å². The van der Waals surface area contributed by atoms with Crippen molar-refractivity contribution in [3.8, 4) is 0 Å². The zero-order valence-corrected chi connectivity index (χ0v) is 13.9. The van der Waals surface area contributed by atoms with Gasteiger partial charge in [0.2, 0.25) is 0 Å². The van der Waals surface area contributed by atoms with Crippen LogP contribution in [0, 0.1) is 5.41 Å². The lowest BCUT2D eigenvalue weighted by Gasteiger charge is -2.38. The minimum absolute atomic E-state index is 0.113. The molecule has 0 aromatic carbocycles. The smallest absolute Gasteiger partial charge is 0.315 e. The summed E-state index contributed by atoms with van der Waals surface area (Å²) in [6.45, 7) is 6.80. The summed E-state index contributed by atoms with van der Waals surface area (Å²) in [6.07, 6.45) is 4.76. The molecule has 1 saturated carbocycles. The number of rotatable bonds is 7. The standard InChI is InChI=1S/C15H30N2O2S/c1-4-20-10-8-12(2)17-14(19)16-11-15(3)9-6-5-7-13(15)18/h12-13,18H,4-11H2,1-3H3,(H2,16,17,19). The summed E-state index contributed by atoms with van der Waals surface area (Å²) in [5.74, 6) is 2.20. The van der Waals surface area contributed by atoms with Crippen LogP contribution in [0.15, 0.2) is 0 Å². The van der Waals surface area contributed by atoms with Crippen LogP contribution >= 0.6 is 11.8 Å². The Labute approximate surface area is 127 Å². The first kappa shape index (κ1) is 17.6. The number of carbonyl (C=O) groups excluding carboxylic acids is 1.